The number of carbonyl (C=O) groups is 1. The summed E-state index contributed by atoms with van der Waals surface area (Å²) in [4.78, 5) is 14.9. The van der Waals surface area contributed by atoms with E-state index in [0.717, 1.165) is 46.7 Å². The number of urea groups is 1. The van der Waals surface area contributed by atoms with Gasteiger partial charge in [-0.1, -0.05) is 18.0 Å². The third-order valence-corrected chi connectivity index (χ3v) is 5.17. The van der Waals surface area contributed by atoms with Crippen LogP contribution in [0.25, 0.3) is 0 Å². The summed E-state index contributed by atoms with van der Waals surface area (Å²) < 4.78 is 2.88. The fourth-order valence-corrected chi connectivity index (χ4v) is 3.85. The second-order valence-electron chi connectivity index (χ2n) is 5.72. The van der Waals surface area contributed by atoms with Gasteiger partial charge in [0.05, 0.1) is 17.4 Å². The van der Waals surface area contributed by atoms with Crippen molar-refractivity contribution in [1.82, 2.24) is 25.0 Å². The molecule has 3 heterocycles. The maximum Gasteiger partial charge on any atom is 0.317 e. The zero-order valence-electron chi connectivity index (χ0n) is 13.1. The van der Waals surface area contributed by atoms with Crippen LogP contribution < -0.4 is 5.32 Å². The van der Waals surface area contributed by atoms with Crippen molar-refractivity contribution in [3.8, 4) is 0 Å². The van der Waals surface area contributed by atoms with Gasteiger partial charge in [-0.2, -0.15) is 0 Å². The number of halogens is 1. The Kier molecular flexibility index (Phi) is 5.17. The van der Waals surface area contributed by atoms with Gasteiger partial charge in [-0.3, -0.25) is 0 Å². The van der Waals surface area contributed by atoms with Crippen molar-refractivity contribution in [2.24, 2.45) is 0 Å². The van der Waals surface area contributed by atoms with E-state index < -0.39 is 0 Å². The summed E-state index contributed by atoms with van der Waals surface area (Å²) in [7, 11) is 1.77. The van der Waals surface area contributed by atoms with Gasteiger partial charge in [-0.05, 0) is 25.0 Å². The molecule has 2 aromatic rings. The van der Waals surface area contributed by atoms with E-state index in [1.54, 1.807) is 11.9 Å². The Balaban J connectivity index is 1.55. The number of nitrogens with one attached hydrogen (secondary N) is 1. The van der Waals surface area contributed by atoms with E-state index in [2.05, 4.69) is 20.1 Å². The average Bonchev–Trinajstić information content (AvgIpc) is 3.03. The summed E-state index contributed by atoms with van der Waals surface area (Å²) in [5, 5.41) is 11.4. The Morgan fingerprint density at radius 3 is 3.04 bits per heavy atom. The fraction of sp³-hybridized carbons (Fsp3) is 0.533. The van der Waals surface area contributed by atoms with Crippen LogP contribution in [-0.2, 0) is 26.1 Å². The summed E-state index contributed by atoms with van der Waals surface area (Å²) in [6.07, 6.45) is 4.50. The van der Waals surface area contributed by atoms with Crippen LogP contribution in [-0.4, -0.2) is 32.7 Å². The number of aryl methyl sites for hydroxylation is 1. The first-order valence-electron chi connectivity index (χ1n) is 7.77. The quantitative estimate of drug-likeness (QED) is 0.918. The van der Waals surface area contributed by atoms with Crippen LogP contribution in [0.3, 0.4) is 0 Å². The molecule has 0 atom stereocenters. The molecule has 2 amide bonds. The maximum atomic E-state index is 12.2. The van der Waals surface area contributed by atoms with Gasteiger partial charge in [0.25, 0.3) is 0 Å². The Bertz CT molecular complexity index is 683. The summed E-state index contributed by atoms with van der Waals surface area (Å²) in [5.74, 6) is 1.87. The third kappa shape index (κ3) is 4.03. The average molecular weight is 354 g/mol. The molecule has 0 fully saturated rings. The Hall–Kier alpha value is -1.60. The number of hydrogen-bond acceptors (Lipinski definition) is 4. The molecule has 0 unspecified atom stereocenters. The zero-order chi connectivity index (χ0) is 16.2. The molecule has 1 N–H and O–H groups in total. The Morgan fingerprint density at radius 2 is 2.26 bits per heavy atom. The van der Waals surface area contributed by atoms with Crippen molar-refractivity contribution >= 4 is 29.0 Å². The lowest BCUT2D eigenvalue weighted by molar-refractivity contribution is 0.206. The van der Waals surface area contributed by atoms with E-state index in [1.807, 2.05) is 12.1 Å². The minimum atomic E-state index is -0.125. The normalized spacial score (nSPS) is 14.2. The molecule has 0 saturated heterocycles. The smallest absolute Gasteiger partial charge is 0.317 e. The lowest BCUT2D eigenvalue weighted by Gasteiger charge is -2.17. The van der Waals surface area contributed by atoms with E-state index >= 15 is 0 Å². The molecule has 1 aliphatic heterocycles. The van der Waals surface area contributed by atoms with E-state index in [9.17, 15) is 4.79 Å². The standard InChI is InChI=1S/C15H20ClN5OS/c1-20(10-11-6-7-12(16)23-11)15(22)17-9-14-19-18-13-5-3-2-4-8-21(13)14/h6-7H,2-5,8-10H2,1H3,(H,17,22). The van der Waals surface area contributed by atoms with Crippen molar-refractivity contribution in [3.05, 3.63) is 33.0 Å². The molecule has 2 aromatic heterocycles. The minimum absolute atomic E-state index is 0.125. The predicted molar refractivity (Wildman–Crippen MR) is 90.6 cm³/mol. The molecule has 0 bridgehead atoms. The monoisotopic (exact) mass is 353 g/mol. The lowest BCUT2D eigenvalue weighted by Crippen LogP contribution is -2.36. The molecule has 6 nitrogen and oxygen atoms in total. The van der Waals surface area contributed by atoms with Crippen molar-refractivity contribution in [3.63, 3.8) is 0 Å². The summed E-state index contributed by atoms with van der Waals surface area (Å²) in [6, 6.07) is 3.66. The third-order valence-electron chi connectivity index (χ3n) is 3.95. The van der Waals surface area contributed by atoms with Gasteiger partial charge in [0.1, 0.15) is 5.82 Å². The molecule has 23 heavy (non-hydrogen) atoms. The summed E-state index contributed by atoms with van der Waals surface area (Å²) in [5.41, 5.74) is 0. The number of rotatable bonds is 4. The first-order chi connectivity index (χ1) is 11.1. The van der Waals surface area contributed by atoms with E-state index in [4.69, 9.17) is 11.6 Å². The minimum Gasteiger partial charge on any atom is -0.331 e. The molecule has 1 aliphatic rings. The van der Waals surface area contributed by atoms with Crippen LogP contribution in [0, 0.1) is 0 Å². The molecule has 0 aliphatic carbocycles. The highest BCUT2D eigenvalue weighted by Gasteiger charge is 2.16. The predicted octanol–water partition coefficient (Wildman–Crippen LogP) is 3.06. The number of thiophene rings is 1. The second-order valence-corrected chi connectivity index (χ2v) is 7.51. The highest BCUT2D eigenvalue weighted by atomic mass is 35.5. The number of aromatic nitrogens is 3. The summed E-state index contributed by atoms with van der Waals surface area (Å²) in [6.45, 7) is 1.89. The van der Waals surface area contributed by atoms with Crippen molar-refractivity contribution in [2.45, 2.75) is 45.3 Å². The first kappa shape index (κ1) is 16.3. The number of amides is 2. The molecule has 8 heteroatoms. The summed E-state index contributed by atoms with van der Waals surface area (Å²) >= 11 is 7.40. The first-order valence-corrected chi connectivity index (χ1v) is 8.97. The van der Waals surface area contributed by atoms with Gasteiger partial charge in [0.15, 0.2) is 5.82 Å². The van der Waals surface area contributed by atoms with Gasteiger partial charge in [-0.15, -0.1) is 21.5 Å². The number of fused-ring (bicyclic) bond motifs is 1. The van der Waals surface area contributed by atoms with Gasteiger partial charge < -0.3 is 14.8 Å². The fourth-order valence-electron chi connectivity index (χ4n) is 2.71. The van der Waals surface area contributed by atoms with Gasteiger partial charge >= 0.3 is 6.03 Å². The van der Waals surface area contributed by atoms with E-state index in [0.29, 0.717) is 13.1 Å². The SMILES string of the molecule is CN(Cc1ccc(Cl)s1)C(=O)NCc1nnc2n1CCCCC2. The molecule has 0 radical (unpaired) electrons. The van der Waals surface area contributed by atoms with Crippen LogP contribution >= 0.6 is 22.9 Å². The molecule has 124 valence electrons. The number of hydrogen-bond donors (Lipinski definition) is 1. The molecular formula is C15H20ClN5OS. The Morgan fingerprint density at radius 1 is 1.39 bits per heavy atom. The molecule has 3 rings (SSSR count). The largest absolute Gasteiger partial charge is 0.331 e. The van der Waals surface area contributed by atoms with Crippen LogP contribution in [0.15, 0.2) is 12.1 Å². The van der Waals surface area contributed by atoms with Crippen LogP contribution in [0.2, 0.25) is 4.34 Å². The highest BCUT2D eigenvalue weighted by molar-refractivity contribution is 7.16. The van der Waals surface area contributed by atoms with E-state index in [1.165, 1.54) is 17.8 Å². The van der Waals surface area contributed by atoms with Gasteiger partial charge in [0, 0.05) is 24.9 Å². The van der Waals surface area contributed by atoms with Gasteiger partial charge in [-0.25, -0.2) is 4.79 Å². The maximum absolute atomic E-state index is 12.2. The van der Waals surface area contributed by atoms with Crippen molar-refractivity contribution in [1.29, 1.82) is 0 Å². The lowest BCUT2D eigenvalue weighted by atomic mass is 10.2. The van der Waals surface area contributed by atoms with E-state index in [-0.39, 0.29) is 6.03 Å². The number of nitrogens with zero attached hydrogens (tertiary/aromatic N) is 4. The van der Waals surface area contributed by atoms with Crippen molar-refractivity contribution < 1.29 is 4.79 Å². The highest BCUT2D eigenvalue weighted by Crippen LogP contribution is 2.22. The van der Waals surface area contributed by atoms with Crippen LogP contribution in [0.4, 0.5) is 4.79 Å². The van der Waals surface area contributed by atoms with Crippen molar-refractivity contribution in [2.75, 3.05) is 7.05 Å². The molecule has 0 spiro atoms. The zero-order valence-corrected chi connectivity index (χ0v) is 14.7. The second kappa shape index (κ2) is 7.31. The van der Waals surface area contributed by atoms with Crippen LogP contribution in [0.5, 0.6) is 0 Å². The molecular weight excluding hydrogens is 334 g/mol. The van der Waals surface area contributed by atoms with Gasteiger partial charge in [0.2, 0.25) is 0 Å². The Labute approximate surface area is 144 Å². The molecule has 0 saturated carbocycles. The van der Waals surface area contributed by atoms with Crippen LogP contribution in [0.1, 0.15) is 35.8 Å². The number of carbonyl (C=O) groups excluding carboxylic acids is 1. The topological polar surface area (TPSA) is 63.1 Å². The molecule has 0 aromatic carbocycles.